The number of halogens is 1. The fraction of sp³-hybridized carbons (Fsp3) is 0.316. The van der Waals surface area contributed by atoms with Crippen molar-refractivity contribution in [1.29, 1.82) is 0 Å². The molecule has 2 aromatic carbocycles. The molecule has 2 aromatic rings. The third-order valence-corrected chi connectivity index (χ3v) is 3.55. The van der Waals surface area contributed by atoms with Crippen LogP contribution in [0.25, 0.3) is 0 Å². The molecule has 136 valence electrons. The summed E-state index contributed by atoms with van der Waals surface area (Å²) in [7, 11) is 1.67. The summed E-state index contributed by atoms with van der Waals surface area (Å²) in [5.74, 6) is 1.29. The predicted molar refractivity (Wildman–Crippen MR) is 114 cm³/mol. The molecule has 0 aromatic heterocycles. The molecule has 0 bridgehead atoms. The molecule has 0 spiro atoms. The van der Waals surface area contributed by atoms with Crippen molar-refractivity contribution in [3.8, 4) is 5.75 Å². The highest BCUT2D eigenvalue weighted by atomic mass is 127. The Bertz CT molecular complexity index is 705. The predicted octanol–water partition coefficient (Wildman–Crippen LogP) is 4.08. The number of rotatable bonds is 7. The molecule has 0 aliphatic carbocycles. The van der Waals surface area contributed by atoms with Crippen molar-refractivity contribution in [3.05, 3.63) is 59.2 Å². The first-order chi connectivity index (χ1) is 11.6. The summed E-state index contributed by atoms with van der Waals surface area (Å²) in [4.78, 5) is 4.41. The maximum absolute atomic E-state index is 6.01. The summed E-state index contributed by atoms with van der Waals surface area (Å²) >= 11 is 0. The molecule has 2 rings (SSSR count). The highest BCUT2D eigenvalue weighted by molar-refractivity contribution is 14.0. The highest BCUT2D eigenvalue weighted by Gasteiger charge is 2.03. The Kier molecular flexibility index (Phi) is 9.30. The van der Waals surface area contributed by atoms with E-state index in [9.17, 15) is 0 Å². The quantitative estimate of drug-likeness (QED) is 0.375. The van der Waals surface area contributed by atoms with Gasteiger partial charge in [0.05, 0.1) is 19.8 Å². The summed E-state index contributed by atoms with van der Waals surface area (Å²) in [6.45, 7) is 5.70. The summed E-state index contributed by atoms with van der Waals surface area (Å²) in [6, 6.07) is 13.9. The standard InChI is InChI=1S/C19H25N3O2.HI/c1-4-24-18-10-9-15(11-14(18)2)12-21-19(20)22-17-8-6-5-7-16(17)13-23-3;/h5-11H,4,12-13H2,1-3H3,(H3,20,21,22);1H. The van der Waals surface area contributed by atoms with Crippen molar-refractivity contribution in [2.75, 3.05) is 19.0 Å². The Balaban J connectivity index is 0.00000312. The Labute approximate surface area is 166 Å². The highest BCUT2D eigenvalue weighted by Crippen LogP contribution is 2.20. The van der Waals surface area contributed by atoms with Gasteiger partial charge in [0.1, 0.15) is 5.75 Å². The van der Waals surface area contributed by atoms with E-state index in [2.05, 4.69) is 16.4 Å². The van der Waals surface area contributed by atoms with E-state index in [1.165, 1.54) is 0 Å². The number of hydrogen-bond donors (Lipinski definition) is 2. The zero-order valence-corrected chi connectivity index (χ0v) is 17.2. The Morgan fingerprint density at radius 1 is 1.20 bits per heavy atom. The average Bonchev–Trinajstić information content (AvgIpc) is 2.57. The van der Waals surface area contributed by atoms with Crippen LogP contribution in [0.4, 0.5) is 5.69 Å². The van der Waals surface area contributed by atoms with Gasteiger partial charge in [-0.1, -0.05) is 30.3 Å². The molecule has 0 aliphatic rings. The lowest BCUT2D eigenvalue weighted by Crippen LogP contribution is -2.23. The summed E-state index contributed by atoms with van der Waals surface area (Å²) in [5.41, 5.74) is 10.1. The molecular formula is C19H26IN3O2. The fourth-order valence-corrected chi connectivity index (χ4v) is 2.40. The second-order valence-electron chi connectivity index (χ2n) is 5.45. The fourth-order valence-electron chi connectivity index (χ4n) is 2.40. The molecule has 6 heteroatoms. The number of aliphatic imine (C=N–C) groups is 1. The number of nitrogens with two attached hydrogens (primary N) is 1. The van der Waals surface area contributed by atoms with Gasteiger partial charge >= 0.3 is 0 Å². The van der Waals surface area contributed by atoms with Gasteiger partial charge in [0.2, 0.25) is 0 Å². The zero-order chi connectivity index (χ0) is 17.4. The van der Waals surface area contributed by atoms with E-state index in [1.54, 1.807) is 7.11 Å². The number of aryl methyl sites for hydroxylation is 1. The van der Waals surface area contributed by atoms with Crippen molar-refractivity contribution < 1.29 is 9.47 Å². The first-order valence-corrected chi connectivity index (χ1v) is 8.00. The van der Waals surface area contributed by atoms with Gasteiger partial charge in [-0.15, -0.1) is 24.0 Å². The van der Waals surface area contributed by atoms with Crippen molar-refractivity contribution >= 4 is 35.6 Å². The van der Waals surface area contributed by atoms with Gasteiger partial charge in [-0.05, 0) is 37.1 Å². The molecule has 0 heterocycles. The van der Waals surface area contributed by atoms with E-state index in [-0.39, 0.29) is 24.0 Å². The van der Waals surface area contributed by atoms with Crippen molar-refractivity contribution in [2.45, 2.75) is 27.0 Å². The van der Waals surface area contributed by atoms with Gasteiger partial charge in [0.25, 0.3) is 0 Å². The lowest BCUT2D eigenvalue weighted by Gasteiger charge is -2.11. The van der Waals surface area contributed by atoms with Gasteiger partial charge in [0.15, 0.2) is 5.96 Å². The first kappa shape index (κ1) is 21.2. The largest absolute Gasteiger partial charge is 0.494 e. The normalized spacial score (nSPS) is 10.9. The number of methoxy groups -OCH3 is 1. The van der Waals surface area contributed by atoms with E-state index in [4.69, 9.17) is 15.2 Å². The smallest absolute Gasteiger partial charge is 0.193 e. The topological polar surface area (TPSA) is 68.9 Å². The number of guanidine groups is 1. The average molecular weight is 455 g/mol. The maximum Gasteiger partial charge on any atom is 0.193 e. The van der Waals surface area contributed by atoms with Gasteiger partial charge in [-0.2, -0.15) is 0 Å². The second-order valence-corrected chi connectivity index (χ2v) is 5.45. The van der Waals surface area contributed by atoms with Crippen LogP contribution in [0.3, 0.4) is 0 Å². The third-order valence-electron chi connectivity index (χ3n) is 3.55. The molecule has 5 nitrogen and oxygen atoms in total. The lowest BCUT2D eigenvalue weighted by atomic mass is 10.1. The molecule has 0 fully saturated rings. The van der Waals surface area contributed by atoms with Crippen LogP contribution in [0.2, 0.25) is 0 Å². The van der Waals surface area contributed by atoms with Gasteiger partial charge in [0, 0.05) is 18.4 Å². The summed E-state index contributed by atoms with van der Waals surface area (Å²) in [5, 5.41) is 3.13. The molecule has 0 aliphatic heterocycles. The van der Waals surface area contributed by atoms with E-state index in [1.807, 2.05) is 50.2 Å². The monoisotopic (exact) mass is 455 g/mol. The molecule has 0 unspecified atom stereocenters. The Morgan fingerprint density at radius 2 is 1.96 bits per heavy atom. The molecular weight excluding hydrogens is 429 g/mol. The summed E-state index contributed by atoms with van der Waals surface area (Å²) in [6.07, 6.45) is 0. The molecule has 3 N–H and O–H groups in total. The number of ether oxygens (including phenoxy) is 2. The van der Waals surface area contributed by atoms with Gasteiger partial charge in [-0.3, -0.25) is 0 Å². The SMILES string of the molecule is CCOc1ccc(CN=C(N)Nc2ccccc2COC)cc1C.I. The number of hydrogen-bond acceptors (Lipinski definition) is 3. The van der Waals surface area contributed by atoms with Crippen LogP contribution in [-0.4, -0.2) is 19.7 Å². The number of nitrogens with zero attached hydrogens (tertiary/aromatic N) is 1. The summed E-state index contributed by atoms with van der Waals surface area (Å²) < 4.78 is 10.7. The Hall–Kier alpha value is -1.80. The van der Waals surface area contributed by atoms with Crippen LogP contribution >= 0.6 is 24.0 Å². The minimum atomic E-state index is 0. The molecule has 0 amide bonds. The number of benzene rings is 2. The minimum Gasteiger partial charge on any atom is -0.494 e. The minimum absolute atomic E-state index is 0. The Morgan fingerprint density at radius 3 is 2.64 bits per heavy atom. The van der Waals surface area contributed by atoms with Crippen molar-refractivity contribution in [1.82, 2.24) is 0 Å². The van der Waals surface area contributed by atoms with E-state index < -0.39 is 0 Å². The maximum atomic E-state index is 6.01. The van der Waals surface area contributed by atoms with Gasteiger partial charge in [-0.25, -0.2) is 4.99 Å². The number of anilines is 1. The van der Waals surface area contributed by atoms with Crippen molar-refractivity contribution in [2.24, 2.45) is 10.7 Å². The van der Waals surface area contributed by atoms with Crippen LogP contribution in [0.5, 0.6) is 5.75 Å². The van der Waals surface area contributed by atoms with Crippen LogP contribution in [0.1, 0.15) is 23.6 Å². The van der Waals surface area contributed by atoms with Crippen LogP contribution in [0.15, 0.2) is 47.5 Å². The first-order valence-electron chi connectivity index (χ1n) is 8.00. The van der Waals surface area contributed by atoms with Crippen molar-refractivity contribution in [3.63, 3.8) is 0 Å². The molecule has 25 heavy (non-hydrogen) atoms. The molecule has 0 radical (unpaired) electrons. The van der Waals surface area contributed by atoms with Gasteiger partial charge < -0.3 is 20.5 Å². The number of para-hydroxylation sites is 1. The van der Waals surface area contributed by atoms with Crippen LogP contribution in [0, 0.1) is 6.92 Å². The molecule has 0 saturated heterocycles. The van der Waals surface area contributed by atoms with Crippen LogP contribution < -0.4 is 15.8 Å². The number of nitrogens with one attached hydrogen (secondary N) is 1. The second kappa shape index (κ2) is 10.9. The van der Waals surface area contributed by atoms with E-state index in [0.717, 1.165) is 28.1 Å². The third kappa shape index (κ3) is 6.55. The van der Waals surface area contributed by atoms with E-state index in [0.29, 0.717) is 25.7 Å². The lowest BCUT2D eigenvalue weighted by molar-refractivity contribution is 0.185. The molecule has 0 saturated carbocycles. The van der Waals surface area contributed by atoms with E-state index >= 15 is 0 Å². The molecule has 0 atom stereocenters. The van der Waals surface area contributed by atoms with Crippen LogP contribution in [-0.2, 0) is 17.9 Å². The zero-order valence-electron chi connectivity index (χ0n) is 14.9.